The first-order chi connectivity index (χ1) is 10.1. The summed E-state index contributed by atoms with van der Waals surface area (Å²) in [5.74, 6) is -0.485. The summed E-state index contributed by atoms with van der Waals surface area (Å²) in [4.78, 5) is 26.0. The number of Topliss-reactive ketones (excluding diaryl/α,β-unsaturated/α-hetero) is 1. The van der Waals surface area contributed by atoms with E-state index in [1.165, 1.54) is 17.0 Å². The quantitative estimate of drug-likeness (QED) is 0.879. The minimum atomic E-state index is -0.343. The predicted octanol–water partition coefficient (Wildman–Crippen LogP) is 3.28. The second-order valence-corrected chi connectivity index (χ2v) is 5.25. The van der Waals surface area contributed by atoms with Gasteiger partial charge in [0.15, 0.2) is 5.78 Å². The Morgan fingerprint density at radius 1 is 1.19 bits per heavy atom. The van der Waals surface area contributed by atoms with E-state index in [2.05, 4.69) is 0 Å². The van der Waals surface area contributed by atoms with E-state index in [9.17, 15) is 14.7 Å². The molecule has 2 aromatic carbocycles. The fourth-order valence-electron chi connectivity index (χ4n) is 2.46. The number of aromatic hydroxyl groups is 1. The van der Waals surface area contributed by atoms with Crippen LogP contribution in [0.3, 0.4) is 0 Å². The molecule has 0 fully saturated rings. The molecule has 0 bridgehead atoms. The van der Waals surface area contributed by atoms with Crippen molar-refractivity contribution in [2.45, 2.75) is 6.42 Å². The fraction of sp³-hybridized carbons (Fsp3) is 0.125. The molecule has 1 aliphatic heterocycles. The van der Waals surface area contributed by atoms with Gasteiger partial charge in [-0.25, -0.2) is 0 Å². The number of rotatable bonds is 1. The van der Waals surface area contributed by atoms with E-state index >= 15 is 0 Å². The van der Waals surface area contributed by atoms with Gasteiger partial charge in [0.05, 0.1) is 11.3 Å². The number of hydrogen-bond acceptors (Lipinski definition) is 3. The summed E-state index contributed by atoms with van der Waals surface area (Å²) in [7, 11) is 0. The molecule has 3 rings (SSSR count). The second-order valence-electron chi connectivity index (χ2n) is 4.81. The number of amides is 1. The summed E-state index contributed by atoms with van der Waals surface area (Å²) in [5.41, 5.74) is 1.28. The number of anilines is 1. The maximum absolute atomic E-state index is 12.6. The van der Waals surface area contributed by atoms with Crippen molar-refractivity contribution in [3.8, 4) is 5.75 Å². The van der Waals surface area contributed by atoms with E-state index < -0.39 is 0 Å². The van der Waals surface area contributed by atoms with Gasteiger partial charge in [-0.3, -0.25) is 9.59 Å². The molecule has 21 heavy (non-hydrogen) atoms. The molecular weight excluding hydrogens is 290 g/mol. The molecule has 1 amide bonds. The van der Waals surface area contributed by atoms with Crippen LogP contribution in [0.1, 0.15) is 27.1 Å². The van der Waals surface area contributed by atoms with E-state index in [-0.39, 0.29) is 29.4 Å². The average Bonchev–Trinajstić information content (AvgIpc) is 2.47. The Morgan fingerprint density at radius 3 is 2.71 bits per heavy atom. The highest BCUT2D eigenvalue weighted by Gasteiger charge is 2.28. The topological polar surface area (TPSA) is 57.6 Å². The van der Waals surface area contributed by atoms with Crippen molar-refractivity contribution < 1.29 is 14.7 Å². The molecule has 1 heterocycles. The lowest BCUT2D eigenvalue weighted by molar-refractivity contribution is 0.0954. The highest BCUT2D eigenvalue weighted by atomic mass is 35.5. The first-order valence-corrected chi connectivity index (χ1v) is 6.88. The first kappa shape index (κ1) is 13.6. The van der Waals surface area contributed by atoms with Crippen LogP contribution in [0.15, 0.2) is 42.5 Å². The molecule has 0 unspecified atom stereocenters. The molecule has 0 atom stereocenters. The number of phenols is 1. The normalized spacial score (nSPS) is 14.0. The standard InChI is InChI=1S/C16H12ClNO3/c17-10-5-6-12(15(20)9-10)16(21)18-8-7-14(19)11-3-1-2-4-13(11)18/h1-6,9,20H,7-8H2. The van der Waals surface area contributed by atoms with Crippen LogP contribution in [0.2, 0.25) is 5.02 Å². The van der Waals surface area contributed by atoms with Crippen LogP contribution in [0.5, 0.6) is 5.75 Å². The number of benzene rings is 2. The van der Waals surface area contributed by atoms with Gasteiger partial charge in [0.2, 0.25) is 0 Å². The molecule has 106 valence electrons. The van der Waals surface area contributed by atoms with Gasteiger partial charge in [-0.05, 0) is 30.3 Å². The molecule has 0 saturated carbocycles. The Bertz CT molecular complexity index is 742. The number of ketones is 1. The van der Waals surface area contributed by atoms with E-state index in [1.807, 2.05) is 0 Å². The molecule has 0 aromatic heterocycles. The van der Waals surface area contributed by atoms with Gasteiger partial charge in [-0.15, -0.1) is 0 Å². The Labute approximate surface area is 126 Å². The summed E-state index contributed by atoms with van der Waals surface area (Å²) in [6, 6.07) is 11.4. The van der Waals surface area contributed by atoms with Crippen molar-refractivity contribution in [3.63, 3.8) is 0 Å². The molecule has 2 aromatic rings. The van der Waals surface area contributed by atoms with Crippen molar-refractivity contribution in [2.75, 3.05) is 11.4 Å². The SMILES string of the molecule is O=C1CCN(C(=O)c2ccc(Cl)cc2O)c2ccccc21. The van der Waals surface area contributed by atoms with Crippen molar-refractivity contribution in [1.82, 2.24) is 0 Å². The Kier molecular flexibility index (Phi) is 3.39. The minimum absolute atomic E-state index is 0.0231. The van der Waals surface area contributed by atoms with Gasteiger partial charge in [0, 0.05) is 23.6 Å². The molecular formula is C16H12ClNO3. The third-order valence-corrected chi connectivity index (χ3v) is 3.73. The maximum atomic E-state index is 12.6. The van der Waals surface area contributed by atoms with Crippen LogP contribution in [0.4, 0.5) is 5.69 Å². The van der Waals surface area contributed by atoms with E-state index in [4.69, 9.17) is 11.6 Å². The summed E-state index contributed by atoms with van der Waals surface area (Å²) in [6.45, 7) is 0.302. The summed E-state index contributed by atoms with van der Waals surface area (Å²) in [6.07, 6.45) is 0.275. The summed E-state index contributed by atoms with van der Waals surface area (Å²) >= 11 is 5.78. The van der Waals surface area contributed by atoms with Crippen LogP contribution in [0.25, 0.3) is 0 Å². The van der Waals surface area contributed by atoms with Crippen molar-refractivity contribution >= 4 is 29.0 Å². The Morgan fingerprint density at radius 2 is 1.95 bits per heavy atom. The number of hydrogen-bond donors (Lipinski definition) is 1. The van der Waals surface area contributed by atoms with Crippen molar-refractivity contribution in [1.29, 1.82) is 0 Å². The Balaban J connectivity index is 2.03. The van der Waals surface area contributed by atoms with Crippen LogP contribution in [0, 0.1) is 0 Å². The van der Waals surface area contributed by atoms with Crippen LogP contribution in [-0.2, 0) is 0 Å². The zero-order valence-electron chi connectivity index (χ0n) is 11.0. The van der Waals surface area contributed by atoms with E-state index in [0.29, 0.717) is 22.8 Å². The number of phenolic OH excluding ortho intramolecular Hbond substituents is 1. The molecule has 4 nitrogen and oxygen atoms in total. The molecule has 0 spiro atoms. The number of carbonyl (C=O) groups is 2. The van der Waals surface area contributed by atoms with Crippen LogP contribution >= 0.6 is 11.6 Å². The predicted molar refractivity (Wildman–Crippen MR) is 80.2 cm³/mol. The zero-order valence-corrected chi connectivity index (χ0v) is 11.8. The molecule has 5 heteroatoms. The molecule has 1 N–H and O–H groups in total. The lowest BCUT2D eigenvalue weighted by Gasteiger charge is -2.28. The van der Waals surface area contributed by atoms with Crippen LogP contribution < -0.4 is 4.90 Å². The number of fused-ring (bicyclic) bond motifs is 1. The summed E-state index contributed by atoms with van der Waals surface area (Å²) in [5, 5.41) is 10.3. The third kappa shape index (κ3) is 2.38. The number of para-hydroxylation sites is 1. The highest BCUT2D eigenvalue weighted by molar-refractivity contribution is 6.31. The highest BCUT2D eigenvalue weighted by Crippen LogP contribution is 2.30. The fourth-order valence-corrected chi connectivity index (χ4v) is 2.62. The van der Waals surface area contributed by atoms with E-state index in [0.717, 1.165) is 0 Å². The number of nitrogens with zero attached hydrogens (tertiary/aromatic N) is 1. The van der Waals surface area contributed by atoms with Crippen LogP contribution in [-0.4, -0.2) is 23.3 Å². The number of carbonyl (C=O) groups excluding carboxylic acids is 2. The lowest BCUT2D eigenvalue weighted by atomic mass is 9.99. The van der Waals surface area contributed by atoms with Crippen molar-refractivity contribution in [2.24, 2.45) is 0 Å². The lowest BCUT2D eigenvalue weighted by Crippen LogP contribution is -2.37. The van der Waals surface area contributed by atoms with E-state index in [1.54, 1.807) is 30.3 Å². The van der Waals surface area contributed by atoms with Gasteiger partial charge in [-0.2, -0.15) is 0 Å². The monoisotopic (exact) mass is 301 g/mol. The van der Waals surface area contributed by atoms with Gasteiger partial charge >= 0.3 is 0 Å². The molecule has 0 saturated heterocycles. The second kappa shape index (κ2) is 5.22. The van der Waals surface area contributed by atoms with Gasteiger partial charge in [0.1, 0.15) is 5.75 Å². The Hall–Kier alpha value is -2.33. The molecule has 1 aliphatic rings. The maximum Gasteiger partial charge on any atom is 0.262 e. The zero-order chi connectivity index (χ0) is 15.0. The molecule has 0 radical (unpaired) electrons. The largest absolute Gasteiger partial charge is 0.507 e. The van der Waals surface area contributed by atoms with Gasteiger partial charge in [-0.1, -0.05) is 23.7 Å². The van der Waals surface area contributed by atoms with Gasteiger partial charge < -0.3 is 10.0 Å². The third-order valence-electron chi connectivity index (χ3n) is 3.49. The van der Waals surface area contributed by atoms with Gasteiger partial charge in [0.25, 0.3) is 5.91 Å². The smallest absolute Gasteiger partial charge is 0.262 e. The minimum Gasteiger partial charge on any atom is -0.507 e. The number of halogens is 1. The average molecular weight is 302 g/mol. The van der Waals surface area contributed by atoms with Crippen molar-refractivity contribution in [3.05, 3.63) is 58.6 Å². The summed E-state index contributed by atoms with van der Waals surface area (Å²) < 4.78 is 0. The first-order valence-electron chi connectivity index (χ1n) is 6.50. The molecule has 0 aliphatic carbocycles.